The largest absolute Gasteiger partial charge is 0.497 e. The Morgan fingerprint density at radius 1 is 1.18 bits per heavy atom. The topological polar surface area (TPSA) is 60.5 Å². The minimum Gasteiger partial charge on any atom is -0.497 e. The Kier molecular flexibility index (Phi) is 5.77. The Morgan fingerprint density at radius 2 is 2.05 bits per heavy atom. The van der Waals surface area contributed by atoms with E-state index in [0.29, 0.717) is 13.0 Å². The molecule has 1 aromatic carbocycles. The fraction of sp³-hybridized carbons (Fsp3) is 0.294. The third kappa shape index (κ3) is 4.48. The van der Waals surface area contributed by atoms with Crippen LogP contribution in [0.4, 0.5) is 0 Å². The van der Waals surface area contributed by atoms with Crippen LogP contribution in [-0.4, -0.2) is 31.7 Å². The smallest absolute Gasteiger partial charge is 0.226 e. The fourth-order valence-electron chi connectivity index (χ4n) is 2.14. The number of nitrogens with zero attached hydrogens (tertiary/aromatic N) is 1. The quantitative estimate of drug-likeness (QED) is 0.849. The molecular weight excluding hydrogens is 280 g/mol. The number of methoxy groups -OCH3 is 2. The molecule has 0 aliphatic rings. The predicted molar refractivity (Wildman–Crippen MR) is 84.2 cm³/mol. The molecule has 2 rings (SSSR count). The van der Waals surface area contributed by atoms with Crippen molar-refractivity contribution in [1.29, 1.82) is 0 Å². The van der Waals surface area contributed by atoms with E-state index in [9.17, 15) is 4.79 Å². The lowest BCUT2D eigenvalue weighted by Crippen LogP contribution is -2.27. The first-order chi connectivity index (χ1) is 10.7. The number of hydrogen-bond donors (Lipinski definition) is 1. The van der Waals surface area contributed by atoms with Gasteiger partial charge in [0.2, 0.25) is 5.91 Å². The van der Waals surface area contributed by atoms with Crippen molar-refractivity contribution in [1.82, 2.24) is 10.3 Å². The minimum absolute atomic E-state index is 0.0411. The van der Waals surface area contributed by atoms with Crippen LogP contribution >= 0.6 is 0 Å². The van der Waals surface area contributed by atoms with Gasteiger partial charge in [0.05, 0.1) is 20.6 Å². The molecule has 0 spiro atoms. The van der Waals surface area contributed by atoms with Crippen molar-refractivity contribution >= 4 is 5.91 Å². The minimum atomic E-state index is -0.0411. The highest BCUT2D eigenvalue weighted by Crippen LogP contribution is 2.24. The summed E-state index contributed by atoms with van der Waals surface area (Å²) in [5.74, 6) is 1.52. The van der Waals surface area contributed by atoms with Crippen molar-refractivity contribution in [2.24, 2.45) is 0 Å². The number of aromatic nitrogens is 1. The molecule has 5 heteroatoms. The van der Waals surface area contributed by atoms with Crippen molar-refractivity contribution < 1.29 is 14.3 Å². The van der Waals surface area contributed by atoms with Gasteiger partial charge in [-0.15, -0.1) is 0 Å². The Bertz CT molecular complexity index is 615. The highest BCUT2D eigenvalue weighted by atomic mass is 16.5. The van der Waals surface area contributed by atoms with E-state index < -0.39 is 0 Å². The Labute approximate surface area is 130 Å². The summed E-state index contributed by atoms with van der Waals surface area (Å²) in [5.41, 5.74) is 1.76. The average Bonchev–Trinajstić information content (AvgIpc) is 2.55. The normalized spacial score (nSPS) is 10.1. The van der Waals surface area contributed by atoms with E-state index in [2.05, 4.69) is 10.3 Å². The molecule has 0 saturated carbocycles. The molecule has 0 unspecified atom stereocenters. The van der Waals surface area contributed by atoms with Crippen molar-refractivity contribution in [3.63, 3.8) is 0 Å². The van der Waals surface area contributed by atoms with E-state index >= 15 is 0 Å². The first kappa shape index (κ1) is 15.8. The molecule has 0 fully saturated rings. The second-order valence-corrected chi connectivity index (χ2v) is 4.78. The van der Waals surface area contributed by atoms with E-state index in [-0.39, 0.29) is 12.3 Å². The summed E-state index contributed by atoms with van der Waals surface area (Å²) in [6.07, 6.45) is 2.65. The molecule has 1 N–H and O–H groups in total. The maximum Gasteiger partial charge on any atom is 0.226 e. The summed E-state index contributed by atoms with van der Waals surface area (Å²) >= 11 is 0. The fourth-order valence-corrected chi connectivity index (χ4v) is 2.14. The molecule has 0 radical (unpaired) electrons. The Hall–Kier alpha value is -2.56. The molecule has 0 aliphatic heterocycles. The van der Waals surface area contributed by atoms with Crippen LogP contribution in [0.15, 0.2) is 42.6 Å². The molecule has 2 aromatic rings. The van der Waals surface area contributed by atoms with Crippen molar-refractivity contribution in [3.8, 4) is 11.5 Å². The Balaban J connectivity index is 1.86. The van der Waals surface area contributed by atoms with Crippen molar-refractivity contribution in [3.05, 3.63) is 53.9 Å². The van der Waals surface area contributed by atoms with Crippen LogP contribution in [0.1, 0.15) is 11.3 Å². The van der Waals surface area contributed by atoms with Gasteiger partial charge in [-0.25, -0.2) is 0 Å². The Morgan fingerprint density at radius 3 is 2.73 bits per heavy atom. The summed E-state index contributed by atoms with van der Waals surface area (Å²) in [7, 11) is 3.26. The van der Waals surface area contributed by atoms with Crippen LogP contribution in [0.5, 0.6) is 11.5 Å². The maximum absolute atomic E-state index is 11.9. The van der Waals surface area contributed by atoms with Crippen LogP contribution in [0.3, 0.4) is 0 Å². The number of rotatable bonds is 7. The highest BCUT2D eigenvalue weighted by Gasteiger charge is 2.07. The van der Waals surface area contributed by atoms with E-state index in [0.717, 1.165) is 22.8 Å². The van der Waals surface area contributed by atoms with Gasteiger partial charge >= 0.3 is 0 Å². The summed E-state index contributed by atoms with van der Waals surface area (Å²) in [4.78, 5) is 16.0. The number of nitrogens with one attached hydrogen (secondary N) is 1. The first-order valence-corrected chi connectivity index (χ1v) is 7.10. The number of pyridine rings is 1. The van der Waals surface area contributed by atoms with Gasteiger partial charge in [-0.2, -0.15) is 0 Å². The molecule has 1 heterocycles. The molecule has 1 amide bonds. The monoisotopic (exact) mass is 300 g/mol. The lowest BCUT2D eigenvalue weighted by Gasteiger charge is -2.11. The third-order valence-corrected chi connectivity index (χ3v) is 3.27. The predicted octanol–water partition coefficient (Wildman–Crippen LogP) is 2.00. The maximum atomic E-state index is 11.9. The van der Waals surface area contributed by atoms with Crippen LogP contribution in [0.2, 0.25) is 0 Å². The number of benzene rings is 1. The first-order valence-electron chi connectivity index (χ1n) is 7.10. The van der Waals surface area contributed by atoms with Crippen molar-refractivity contribution in [2.45, 2.75) is 12.8 Å². The molecule has 0 atom stereocenters. The van der Waals surface area contributed by atoms with E-state index in [4.69, 9.17) is 9.47 Å². The van der Waals surface area contributed by atoms with Crippen LogP contribution in [0.25, 0.3) is 0 Å². The molecule has 22 heavy (non-hydrogen) atoms. The lowest BCUT2D eigenvalue weighted by molar-refractivity contribution is -0.120. The second-order valence-electron chi connectivity index (χ2n) is 4.78. The van der Waals surface area contributed by atoms with Gasteiger partial charge in [0.15, 0.2) is 0 Å². The lowest BCUT2D eigenvalue weighted by atomic mass is 10.1. The highest BCUT2D eigenvalue weighted by molar-refractivity contribution is 5.78. The number of carbonyl (C=O) groups is 1. The zero-order valence-electron chi connectivity index (χ0n) is 12.8. The number of carbonyl (C=O) groups excluding carboxylic acids is 1. The zero-order chi connectivity index (χ0) is 15.8. The SMILES string of the molecule is COc1ccc(OC)c(CCNC(=O)Cc2ccccn2)c1. The molecule has 0 bridgehead atoms. The van der Waals surface area contributed by atoms with Crippen LogP contribution in [-0.2, 0) is 17.6 Å². The molecule has 0 aliphatic carbocycles. The summed E-state index contributed by atoms with van der Waals surface area (Å²) in [5, 5.41) is 2.89. The summed E-state index contributed by atoms with van der Waals surface area (Å²) in [6.45, 7) is 0.537. The van der Waals surface area contributed by atoms with Crippen LogP contribution < -0.4 is 14.8 Å². The van der Waals surface area contributed by atoms with Crippen LogP contribution in [0, 0.1) is 0 Å². The van der Waals surface area contributed by atoms with E-state index in [1.54, 1.807) is 20.4 Å². The van der Waals surface area contributed by atoms with Crippen molar-refractivity contribution in [2.75, 3.05) is 20.8 Å². The van der Waals surface area contributed by atoms with Gasteiger partial charge in [-0.1, -0.05) is 6.07 Å². The molecule has 5 nitrogen and oxygen atoms in total. The number of hydrogen-bond acceptors (Lipinski definition) is 4. The van der Waals surface area contributed by atoms with Gasteiger partial charge in [0, 0.05) is 18.4 Å². The van der Waals surface area contributed by atoms with Gasteiger partial charge in [0.1, 0.15) is 11.5 Å². The third-order valence-electron chi connectivity index (χ3n) is 3.27. The van der Waals surface area contributed by atoms with Gasteiger partial charge in [-0.05, 0) is 42.3 Å². The molecule has 116 valence electrons. The number of amides is 1. The second kappa shape index (κ2) is 8.02. The zero-order valence-corrected chi connectivity index (χ0v) is 12.8. The molecule has 0 saturated heterocycles. The summed E-state index contributed by atoms with van der Waals surface area (Å²) < 4.78 is 10.5. The van der Waals surface area contributed by atoms with Gasteiger partial charge < -0.3 is 14.8 Å². The van der Waals surface area contributed by atoms with E-state index in [1.807, 2.05) is 36.4 Å². The van der Waals surface area contributed by atoms with Gasteiger partial charge in [0.25, 0.3) is 0 Å². The number of ether oxygens (including phenoxy) is 2. The standard InChI is InChI=1S/C17H20N2O3/c1-21-15-6-7-16(22-2)13(11-15)8-10-19-17(20)12-14-5-3-4-9-18-14/h3-7,9,11H,8,10,12H2,1-2H3,(H,19,20). The average molecular weight is 300 g/mol. The molecule has 1 aromatic heterocycles. The molecular formula is C17H20N2O3. The van der Waals surface area contributed by atoms with Gasteiger partial charge in [-0.3, -0.25) is 9.78 Å². The summed E-state index contributed by atoms with van der Waals surface area (Å²) in [6, 6.07) is 11.2. The van der Waals surface area contributed by atoms with E-state index in [1.165, 1.54) is 0 Å².